The molecule has 0 aliphatic carbocycles. The van der Waals surface area contributed by atoms with Crippen molar-refractivity contribution in [3.63, 3.8) is 0 Å². The quantitative estimate of drug-likeness (QED) is 0.467. The van der Waals surface area contributed by atoms with E-state index in [1.165, 1.54) is 12.1 Å². The lowest BCUT2D eigenvalue weighted by atomic mass is 10.1. The normalized spacial score (nSPS) is 12.9. The van der Waals surface area contributed by atoms with Gasteiger partial charge in [0.1, 0.15) is 12.1 Å². The lowest BCUT2D eigenvalue weighted by Crippen LogP contribution is -2.37. The standard InChI is InChI=1S/C17H12BrN3O5/c1-9-7-10(18)5-6-12(9)19-14(22)8-20-16(23)11-3-2-4-13(21(25)26)15(11)17(20)24/h2-7H,8H2,1H3,(H,19,22). The van der Waals surface area contributed by atoms with E-state index in [9.17, 15) is 24.5 Å². The van der Waals surface area contributed by atoms with Crippen LogP contribution in [0, 0.1) is 17.0 Å². The third-order valence-corrected chi connectivity index (χ3v) is 4.43. The van der Waals surface area contributed by atoms with Gasteiger partial charge in [-0.1, -0.05) is 22.0 Å². The highest BCUT2D eigenvalue weighted by Gasteiger charge is 2.41. The van der Waals surface area contributed by atoms with Crippen molar-refractivity contribution in [3.05, 3.63) is 67.7 Å². The Hall–Kier alpha value is -3.07. The number of anilines is 1. The van der Waals surface area contributed by atoms with Crippen molar-refractivity contribution in [1.29, 1.82) is 0 Å². The van der Waals surface area contributed by atoms with Gasteiger partial charge in [-0.05, 0) is 36.8 Å². The van der Waals surface area contributed by atoms with Gasteiger partial charge in [-0.25, -0.2) is 0 Å². The summed E-state index contributed by atoms with van der Waals surface area (Å²) in [6.07, 6.45) is 0. The molecule has 26 heavy (non-hydrogen) atoms. The molecule has 1 aliphatic heterocycles. The predicted octanol–water partition coefficient (Wildman–Crippen LogP) is 2.90. The second-order valence-corrected chi connectivity index (χ2v) is 6.58. The Morgan fingerprint density at radius 3 is 2.62 bits per heavy atom. The van der Waals surface area contributed by atoms with Gasteiger partial charge in [0, 0.05) is 16.2 Å². The molecule has 0 fully saturated rings. The van der Waals surface area contributed by atoms with Gasteiger partial charge in [0.15, 0.2) is 0 Å². The summed E-state index contributed by atoms with van der Waals surface area (Å²) in [6.45, 7) is 1.27. The molecule has 2 aromatic carbocycles. The maximum Gasteiger partial charge on any atom is 0.282 e. The van der Waals surface area contributed by atoms with Crippen LogP contribution in [0.4, 0.5) is 11.4 Å². The van der Waals surface area contributed by atoms with Gasteiger partial charge in [0.05, 0.1) is 10.5 Å². The topological polar surface area (TPSA) is 110 Å². The number of carbonyl (C=O) groups excluding carboxylic acids is 3. The van der Waals surface area contributed by atoms with Crippen molar-refractivity contribution in [1.82, 2.24) is 4.90 Å². The minimum absolute atomic E-state index is 0.0724. The number of nitro groups is 1. The third kappa shape index (κ3) is 3.08. The van der Waals surface area contributed by atoms with Crippen molar-refractivity contribution in [3.8, 4) is 0 Å². The van der Waals surface area contributed by atoms with Gasteiger partial charge < -0.3 is 5.32 Å². The fourth-order valence-corrected chi connectivity index (χ4v) is 3.19. The second-order valence-electron chi connectivity index (χ2n) is 5.66. The zero-order valence-corrected chi connectivity index (χ0v) is 15.1. The Morgan fingerprint density at radius 2 is 1.96 bits per heavy atom. The first-order chi connectivity index (χ1) is 12.3. The maximum absolute atomic E-state index is 12.4. The summed E-state index contributed by atoms with van der Waals surface area (Å²) in [5.74, 6) is -2.15. The first-order valence-electron chi connectivity index (χ1n) is 7.49. The van der Waals surface area contributed by atoms with Crippen LogP contribution in [0.2, 0.25) is 0 Å². The van der Waals surface area contributed by atoms with Gasteiger partial charge in [-0.15, -0.1) is 0 Å². The van der Waals surface area contributed by atoms with Crippen LogP contribution in [0.15, 0.2) is 40.9 Å². The summed E-state index contributed by atoms with van der Waals surface area (Å²) in [6, 6.07) is 9.05. The summed E-state index contributed by atoms with van der Waals surface area (Å²) < 4.78 is 0.848. The number of rotatable bonds is 4. The number of halogens is 1. The Balaban J connectivity index is 1.82. The zero-order valence-electron chi connectivity index (χ0n) is 13.5. The van der Waals surface area contributed by atoms with Gasteiger partial charge in [-0.2, -0.15) is 0 Å². The molecule has 0 spiro atoms. The van der Waals surface area contributed by atoms with Crippen molar-refractivity contribution in [2.45, 2.75) is 6.92 Å². The number of nitrogens with one attached hydrogen (secondary N) is 1. The summed E-state index contributed by atoms with van der Waals surface area (Å²) >= 11 is 3.32. The molecular weight excluding hydrogens is 406 g/mol. The van der Waals surface area contributed by atoms with Gasteiger partial charge in [0.2, 0.25) is 5.91 Å². The number of nitro benzene ring substituents is 1. The minimum atomic E-state index is -0.847. The average molecular weight is 418 g/mol. The van der Waals surface area contributed by atoms with E-state index in [0.29, 0.717) is 10.6 Å². The lowest BCUT2D eigenvalue weighted by Gasteiger charge is -2.14. The monoisotopic (exact) mass is 417 g/mol. The van der Waals surface area contributed by atoms with Crippen LogP contribution in [0.25, 0.3) is 0 Å². The summed E-state index contributed by atoms with van der Waals surface area (Å²) in [5, 5.41) is 13.7. The molecular formula is C17H12BrN3O5. The number of benzene rings is 2. The molecule has 0 aromatic heterocycles. The van der Waals surface area contributed by atoms with E-state index in [4.69, 9.17) is 0 Å². The fourth-order valence-electron chi connectivity index (χ4n) is 2.71. The van der Waals surface area contributed by atoms with Crippen LogP contribution < -0.4 is 5.32 Å². The molecule has 8 nitrogen and oxygen atoms in total. The van der Waals surface area contributed by atoms with E-state index in [0.717, 1.165) is 16.1 Å². The van der Waals surface area contributed by atoms with E-state index >= 15 is 0 Å². The molecule has 0 bridgehead atoms. The van der Waals surface area contributed by atoms with Crippen LogP contribution in [-0.4, -0.2) is 34.1 Å². The predicted molar refractivity (Wildman–Crippen MR) is 96.0 cm³/mol. The number of nitrogens with zero attached hydrogens (tertiary/aromatic N) is 2. The number of fused-ring (bicyclic) bond motifs is 1. The molecule has 0 saturated heterocycles. The highest BCUT2D eigenvalue weighted by molar-refractivity contribution is 9.10. The van der Waals surface area contributed by atoms with Crippen molar-refractivity contribution in [2.75, 3.05) is 11.9 Å². The largest absolute Gasteiger partial charge is 0.324 e. The lowest BCUT2D eigenvalue weighted by molar-refractivity contribution is -0.385. The van der Waals surface area contributed by atoms with Gasteiger partial charge >= 0.3 is 0 Å². The highest BCUT2D eigenvalue weighted by Crippen LogP contribution is 2.30. The summed E-state index contributed by atoms with van der Waals surface area (Å²) in [7, 11) is 0. The average Bonchev–Trinajstić information content (AvgIpc) is 2.82. The van der Waals surface area contributed by atoms with Gasteiger partial charge in [-0.3, -0.25) is 29.4 Å². The molecule has 1 heterocycles. The van der Waals surface area contributed by atoms with E-state index < -0.39 is 34.9 Å². The Kier molecular flexibility index (Phi) is 4.56. The molecule has 1 N–H and O–H groups in total. The van der Waals surface area contributed by atoms with E-state index in [1.54, 1.807) is 25.1 Å². The maximum atomic E-state index is 12.4. The van der Waals surface area contributed by atoms with Crippen molar-refractivity contribution >= 4 is 45.0 Å². The number of imide groups is 1. The number of carbonyl (C=O) groups is 3. The Labute approximate surface area is 156 Å². The second kappa shape index (κ2) is 6.68. The number of amides is 3. The molecule has 0 unspecified atom stereocenters. The van der Waals surface area contributed by atoms with Crippen LogP contribution in [0.5, 0.6) is 0 Å². The summed E-state index contributed by atoms with van der Waals surface area (Å²) in [4.78, 5) is 48.2. The van der Waals surface area contributed by atoms with Gasteiger partial charge in [0.25, 0.3) is 17.5 Å². The molecule has 0 radical (unpaired) electrons. The number of hydrogen-bond donors (Lipinski definition) is 1. The third-order valence-electron chi connectivity index (χ3n) is 3.94. The molecule has 0 saturated carbocycles. The first-order valence-corrected chi connectivity index (χ1v) is 8.28. The minimum Gasteiger partial charge on any atom is -0.324 e. The molecule has 0 atom stereocenters. The Bertz CT molecular complexity index is 973. The molecule has 3 amide bonds. The molecule has 3 rings (SSSR count). The molecule has 9 heteroatoms. The highest BCUT2D eigenvalue weighted by atomic mass is 79.9. The smallest absolute Gasteiger partial charge is 0.282 e. The SMILES string of the molecule is Cc1cc(Br)ccc1NC(=O)CN1C(=O)c2cccc([N+](=O)[O-])c2C1=O. The van der Waals surface area contributed by atoms with E-state index in [2.05, 4.69) is 21.2 Å². The van der Waals surface area contributed by atoms with E-state index in [1.807, 2.05) is 0 Å². The van der Waals surface area contributed by atoms with Crippen LogP contribution >= 0.6 is 15.9 Å². The van der Waals surface area contributed by atoms with E-state index in [-0.39, 0.29) is 11.1 Å². The molecule has 1 aliphatic rings. The summed E-state index contributed by atoms with van der Waals surface area (Å²) in [5.41, 5.74) is 0.533. The number of hydrogen-bond acceptors (Lipinski definition) is 5. The molecule has 132 valence electrons. The van der Waals surface area contributed by atoms with Crippen molar-refractivity contribution in [2.24, 2.45) is 0 Å². The van der Waals surface area contributed by atoms with Crippen molar-refractivity contribution < 1.29 is 19.3 Å². The first kappa shape index (κ1) is 17.7. The number of aryl methyl sites for hydroxylation is 1. The molecule has 2 aromatic rings. The zero-order chi connectivity index (χ0) is 19.0. The Morgan fingerprint density at radius 1 is 1.23 bits per heavy atom. The van der Waals surface area contributed by atoms with Crippen LogP contribution in [0.1, 0.15) is 26.3 Å². The fraction of sp³-hybridized carbons (Fsp3) is 0.118. The van der Waals surface area contributed by atoms with Crippen LogP contribution in [0.3, 0.4) is 0 Å². The van der Waals surface area contributed by atoms with Crippen LogP contribution in [-0.2, 0) is 4.79 Å².